The molecule has 248 valence electrons. The van der Waals surface area contributed by atoms with Gasteiger partial charge in [-0.1, -0.05) is 141 Å². The fourth-order valence-electron chi connectivity index (χ4n) is 8.18. The van der Waals surface area contributed by atoms with Crippen molar-refractivity contribution in [2.75, 3.05) is 6.61 Å². The average molecular weight is 788 g/mol. The lowest BCUT2D eigenvalue weighted by Gasteiger charge is -2.54. The molecule has 1 fully saturated rings. The summed E-state index contributed by atoms with van der Waals surface area (Å²) in [6.45, 7) is 1.74. The van der Waals surface area contributed by atoms with Crippen LogP contribution in [-0.4, -0.2) is 23.5 Å². The Labute approximate surface area is 307 Å². The number of carbonyl (C=O) groups is 2. The van der Waals surface area contributed by atoms with Crippen molar-refractivity contribution in [1.82, 2.24) is 0 Å². The topological polar surface area (TPSA) is 87.4 Å². The number of hydrogen-bond donors (Lipinski definition) is 1. The molecule has 6 aromatic carbocycles. The van der Waals surface area contributed by atoms with Crippen LogP contribution in [0.4, 0.5) is 0 Å². The summed E-state index contributed by atoms with van der Waals surface area (Å²) in [5, 5.41) is 28.5. The molecule has 5 atom stereocenters. The third-order valence-electron chi connectivity index (χ3n) is 10.3. The highest BCUT2D eigenvalue weighted by molar-refractivity contribution is 9.10. The summed E-state index contributed by atoms with van der Waals surface area (Å²) in [5.74, 6) is -4.40. The van der Waals surface area contributed by atoms with E-state index < -0.39 is 34.7 Å². The van der Waals surface area contributed by atoms with Crippen LogP contribution in [0.25, 0.3) is 21.5 Å². The summed E-state index contributed by atoms with van der Waals surface area (Å²) in [4.78, 5) is 30.4. The van der Waals surface area contributed by atoms with Gasteiger partial charge in [-0.05, 0) is 75.8 Å². The van der Waals surface area contributed by atoms with E-state index >= 15 is 4.79 Å². The minimum atomic E-state index is -1.92. The van der Waals surface area contributed by atoms with E-state index in [2.05, 4.69) is 37.9 Å². The molecule has 50 heavy (non-hydrogen) atoms. The Balaban J connectivity index is 1.63. The summed E-state index contributed by atoms with van der Waals surface area (Å²) in [6, 6.07) is 44.0. The molecule has 1 saturated carbocycles. The lowest BCUT2D eigenvalue weighted by Crippen LogP contribution is -2.59. The summed E-state index contributed by atoms with van der Waals surface area (Å²) in [6.07, 6.45) is -0.102. The van der Waals surface area contributed by atoms with E-state index in [4.69, 9.17) is 4.74 Å². The Bertz CT molecular complexity index is 2300. The van der Waals surface area contributed by atoms with Crippen LogP contribution in [0.15, 0.2) is 142 Å². The molecule has 5 nitrogen and oxygen atoms in total. The maximum atomic E-state index is 15.6. The molecule has 7 heteroatoms. The molecule has 0 unspecified atom stereocenters. The second-order valence-corrected chi connectivity index (χ2v) is 14.7. The summed E-state index contributed by atoms with van der Waals surface area (Å²) in [5.41, 5.74) is -1.58. The number of aliphatic hydroxyl groups is 1. The van der Waals surface area contributed by atoms with Gasteiger partial charge in [0.05, 0.1) is 18.6 Å². The zero-order chi connectivity index (χ0) is 35.0. The predicted octanol–water partition coefficient (Wildman–Crippen LogP) is 10.2. The SMILES string of the molecule is CCOC(=O)[C@@]1(C#N)[C@@H](c2cccc(Br)c2)C[C@](O)(c2cccc3ccccc23)[C@H](C(=O)c2cccc3ccccc23)[C@@H]1c1cccc(Br)c1. The average Bonchev–Trinajstić information content (AvgIpc) is 3.13. The quantitative estimate of drug-likeness (QED) is 0.129. The highest BCUT2D eigenvalue weighted by Crippen LogP contribution is 2.64. The Morgan fingerprint density at radius 2 is 1.34 bits per heavy atom. The minimum absolute atomic E-state index is 0.0359. The Kier molecular flexibility index (Phi) is 9.21. The van der Waals surface area contributed by atoms with Crippen molar-refractivity contribution >= 4 is 65.2 Å². The molecule has 6 aromatic rings. The number of ketones is 1. The van der Waals surface area contributed by atoms with Gasteiger partial charge in [-0.25, -0.2) is 0 Å². The van der Waals surface area contributed by atoms with Crippen LogP contribution in [0.3, 0.4) is 0 Å². The van der Waals surface area contributed by atoms with E-state index in [1.807, 2.05) is 127 Å². The molecule has 0 amide bonds. The van der Waals surface area contributed by atoms with E-state index in [1.54, 1.807) is 13.0 Å². The largest absolute Gasteiger partial charge is 0.465 e. The maximum absolute atomic E-state index is 15.6. The summed E-state index contributed by atoms with van der Waals surface area (Å²) in [7, 11) is 0. The molecular formula is C43H33Br2NO4. The first kappa shape index (κ1) is 33.9. The van der Waals surface area contributed by atoms with Crippen LogP contribution < -0.4 is 0 Å². The minimum Gasteiger partial charge on any atom is -0.465 e. The molecule has 1 N–H and O–H groups in total. The predicted molar refractivity (Wildman–Crippen MR) is 203 cm³/mol. The normalized spacial score (nSPS) is 23.3. The van der Waals surface area contributed by atoms with Gasteiger partial charge in [0.25, 0.3) is 0 Å². The fraction of sp³-hybridized carbons (Fsp3) is 0.186. The van der Waals surface area contributed by atoms with Gasteiger partial charge < -0.3 is 9.84 Å². The number of ether oxygens (including phenoxy) is 1. The second kappa shape index (κ2) is 13.6. The first-order valence-electron chi connectivity index (χ1n) is 16.5. The number of fused-ring (bicyclic) bond motifs is 2. The maximum Gasteiger partial charge on any atom is 0.327 e. The van der Waals surface area contributed by atoms with Crippen molar-refractivity contribution in [2.45, 2.75) is 30.8 Å². The lowest BCUT2D eigenvalue weighted by molar-refractivity contribution is -0.164. The zero-order valence-corrected chi connectivity index (χ0v) is 30.4. The van der Waals surface area contributed by atoms with Gasteiger partial charge in [-0.15, -0.1) is 0 Å². The number of hydrogen-bond acceptors (Lipinski definition) is 5. The molecular weight excluding hydrogens is 754 g/mol. The second-order valence-electron chi connectivity index (χ2n) is 12.9. The van der Waals surface area contributed by atoms with Gasteiger partial charge in [-0.3, -0.25) is 9.59 Å². The summed E-state index contributed by atoms with van der Waals surface area (Å²) >= 11 is 7.21. The Hall–Kier alpha value is -4.61. The van der Waals surface area contributed by atoms with Crippen molar-refractivity contribution in [3.63, 3.8) is 0 Å². The van der Waals surface area contributed by atoms with Gasteiger partial charge in [0, 0.05) is 26.3 Å². The van der Waals surface area contributed by atoms with Crippen molar-refractivity contribution in [1.29, 1.82) is 5.26 Å². The Morgan fingerprint density at radius 1 is 0.780 bits per heavy atom. The smallest absolute Gasteiger partial charge is 0.327 e. The highest BCUT2D eigenvalue weighted by atomic mass is 79.9. The molecule has 0 aliphatic heterocycles. The van der Waals surface area contributed by atoms with E-state index in [1.165, 1.54) is 0 Å². The fourth-order valence-corrected chi connectivity index (χ4v) is 9.02. The molecule has 0 saturated heterocycles. The van der Waals surface area contributed by atoms with Crippen LogP contribution in [0, 0.1) is 22.7 Å². The van der Waals surface area contributed by atoms with Gasteiger partial charge in [0.15, 0.2) is 11.2 Å². The van der Waals surface area contributed by atoms with Gasteiger partial charge in [-0.2, -0.15) is 5.26 Å². The van der Waals surface area contributed by atoms with Crippen LogP contribution in [0.2, 0.25) is 0 Å². The number of nitrogens with zero attached hydrogens (tertiary/aromatic N) is 1. The highest BCUT2D eigenvalue weighted by Gasteiger charge is 2.68. The number of rotatable bonds is 7. The zero-order valence-electron chi connectivity index (χ0n) is 27.2. The standard InChI is InChI=1S/C43H33Br2NO4/c1-2-50-41(48)42(26-46)37(29-15-7-17-31(44)23-29)25-43(49,36-22-10-14-28-12-4-6-20-34(28)36)39(38(42)30-16-8-18-32(45)24-30)40(47)35-21-9-13-27-11-3-5-19-33(27)35/h3-24,37-39,49H,2,25H2,1H3/t37-,38+,39+,42+,43+/m1/s1. The molecule has 0 bridgehead atoms. The van der Waals surface area contributed by atoms with E-state index in [-0.39, 0.29) is 18.8 Å². The van der Waals surface area contributed by atoms with Gasteiger partial charge in [0.2, 0.25) is 0 Å². The first-order chi connectivity index (χ1) is 24.2. The van der Waals surface area contributed by atoms with Crippen LogP contribution in [0.1, 0.15) is 52.2 Å². The van der Waals surface area contributed by atoms with Crippen molar-refractivity contribution in [2.24, 2.45) is 11.3 Å². The van der Waals surface area contributed by atoms with Gasteiger partial charge in [0.1, 0.15) is 5.60 Å². The number of Topliss-reactive ketones (excluding diaryl/α,β-unsaturated/α-hetero) is 1. The van der Waals surface area contributed by atoms with E-state index in [0.29, 0.717) is 26.7 Å². The van der Waals surface area contributed by atoms with Crippen LogP contribution >= 0.6 is 31.9 Å². The van der Waals surface area contributed by atoms with Crippen molar-refractivity contribution < 1.29 is 19.4 Å². The molecule has 1 aliphatic rings. The van der Waals surface area contributed by atoms with Crippen LogP contribution in [-0.2, 0) is 15.1 Å². The number of esters is 1. The summed E-state index contributed by atoms with van der Waals surface area (Å²) < 4.78 is 7.28. The number of nitriles is 1. The number of carbonyl (C=O) groups excluding carboxylic acids is 2. The Morgan fingerprint density at radius 3 is 2.00 bits per heavy atom. The van der Waals surface area contributed by atoms with Crippen molar-refractivity contribution in [3.8, 4) is 6.07 Å². The number of halogens is 2. The first-order valence-corrected chi connectivity index (χ1v) is 18.1. The van der Waals surface area contributed by atoms with Gasteiger partial charge >= 0.3 is 5.97 Å². The van der Waals surface area contributed by atoms with E-state index in [0.717, 1.165) is 26.0 Å². The van der Waals surface area contributed by atoms with Crippen LogP contribution in [0.5, 0.6) is 0 Å². The molecule has 0 spiro atoms. The number of benzene rings is 6. The molecule has 0 aromatic heterocycles. The van der Waals surface area contributed by atoms with Crippen molar-refractivity contribution in [3.05, 3.63) is 165 Å². The third-order valence-corrected chi connectivity index (χ3v) is 11.2. The molecule has 7 rings (SSSR count). The lowest BCUT2D eigenvalue weighted by atomic mass is 9.47. The monoisotopic (exact) mass is 785 g/mol. The van der Waals surface area contributed by atoms with E-state index in [9.17, 15) is 15.2 Å². The molecule has 1 aliphatic carbocycles. The third kappa shape index (κ3) is 5.56. The molecule has 0 heterocycles. The molecule has 0 radical (unpaired) electrons.